The number of thioether (sulfide) groups is 1. The van der Waals surface area contributed by atoms with Crippen molar-refractivity contribution in [3.05, 3.63) is 42.2 Å². The van der Waals surface area contributed by atoms with Crippen LogP contribution < -0.4 is 5.73 Å². The number of methoxy groups -OCH3 is 1. The first-order valence-electron chi connectivity index (χ1n) is 5.97. The molecule has 106 valence electrons. The van der Waals surface area contributed by atoms with E-state index in [2.05, 4.69) is 10.1 Å². The first kappa shape index (κ1) is 14.5. The van der Waals surface area contributed by atoms with Crippen LogP contribution in [0.5, 0.6) is 0 Å². The number of nitrogens with zero attached hydrogens (tertiary/aromatic N) is 3. The predicted molar refractivity (Wildman–Crippen MR) is 76.1 cm³/mol. The molecule has 0 saturated carbocycles. The third-order valence-corrected chi connectivity index (χ3v) is 4.16. The Morgan fingerprint density at radius 3 is 2.70 bits per heavy atom. The van der Waals surface area contributed by atoms with Crippen molar-refractivity contribution in [1.29, 1.82) is 0 Å². The number of aryl methyl sites for hydroxylation is 1. The van der Waals surface area contributed by atoms with E-state index < -0.39 is 11.5 Å². The van der Waals surface area contributed by atoms with Crippen LogP contribution in [0, 0.1) is 0 Å². The second kappa shape index (κ2) is 6.06. The summed E-state index contributed by atoms with van der Waals surface area (Å²) in [5, 5.41) is 4.68. The lowest BCUT2D eigenvalue weighted by molar-refractivity contribution is -0.146. The molecule has 7 heteroatoms. The number of carbonyl (C=O) groups excluding carboxylic acids is 1. The fraction of sp³-hybridized carbons (Fsp3) is 0.308. The number of aromatic nitrogens is 3. The summed E-state index contributed by atoms with van der Waals surface area (Å²) < 4.78 is 6.48. The summed E-state index contributed by atoms with van der Waals surface area (Å²) in [6.07, 6.45) is 1.46. The SMILES string of the molecule is COC(=O)C(N)(CSc1ncnn1C)c1ccccc1. The number of rotatable bonds is 5. The zero-order valence-corrected chi connectivity index (χ0v) is 12.1. The van der Waals surface area contributed by atoms with Crippen molar-refractivity contribution in [3.63, 3.8) is 0 Å². The van der Waals surface area contributed by atoms with Gasteiger partial charge in [-0.15, -0.1) is 0 Å². The number of nitrogens with two attached hydrogens (primary N) is 1. The minimum absolute atomic E-state index is 0.316. The molecule has 1 aromatic carbocycles. The first-order chi connectivity index (χ1) is 9.58. The summed E-state index contributed by atoms with van der Waals surface area (Å²) in [6, 6.07) is 9.18. The molecule has 1 atom stereocenters. The lowest BCUT2D eigenvalue weighted by atomic mass is 9.93. The van der Waals surface area contributed by atoms with Gasteiger partial charge in [-0.25, -0.2) is 14.5 Å². The standard InChI is InChI=1S/C13H16N4O2S/c1-17-12(15-9-16-17)20-8-13(14,11(18)19-2)10-6-4-3-5-7-10/h3-7,9H,8,14H2,1-2H3. The Balaban J connectivity index is 2.24. The normalized spacial score (nSPS) is 13.8. The van der Waals surface area contributed by atoms with Crippen molar-refractivity contribution in [1.82, 2.24) is 14.8 Å². The summed E-state index contributed by atoms with van der Waals surface area (Å²) in [4.78, 5) is 16.2. The Morgan fingerprint density at radius 2 is 2.15 bits per heavy atom. The molecule has 0 aliphatic rings. The lowest BCUT2D eigenvalue weighted by Crippen LogP contribution is -2.48. The second-order valence-corrected chi connectivity index (χ2v) is 5.23. The van der Waals surface area contributed by atoms with E-state index in [4.69, 9.17) is 10.5 Å². The van der Waals surface area contributed by atoms with E-state index in [1.165, 1.54) is 25.2 Å². The Bertz CT molecular complexity index is 587. The van der Waals surface area contributed by atoms with Crippen LogP contribution in [0.15, 0.2) is 41.8 Å². The second-order valence-electron chi connectivity index (χ2n) is 4.28. The minimum Gasteiger partial charge on any atom is -0.467 e. The number of carbonyl (C=O) groups is 1. The number of hydrogen-bond acceptors (Lipinski definition) is 6. The largest absolute Gasteiger partial charge is 0.467 e. The molecule has 6 nitrogen and oxygen atoms in total. The van der Waals surface area contributed by atoms with E-state index >= 15 is 0 Å². The average Bonchev–Trinajstić information content (AvgIpc) is 2.90. The summed E-state index contributed by atoms with van der Waals surface area (Å²) in [7, 11) is 3.12. The van der Waals surface area contributed by atoms with E-state index in [1.54, 1.807) is 11.7 Å². The molecule has 0 amide bonds. The van der Waals surface area contributed by atoms with Crippen molar-refractivity contribution in [2.45, 2.75) is 10.7 Å². The van der Waals surface area contributed by atoms with Gasteiger partial charge < -0.3 is 10.5 Å². The van der Waals surface area contributed by atoms with Gasteiger partial charge in [0.15, 0.2) is 5.16 Å². The zero-order valence-electron chi connectivity index (χ0n) is 11.3. The van der Waals surface area contributed by atoms with Crippen molar-refractivity contribution in [2.75, 3.05) is 12.9 Å². The maximum atomic E-state index is 12.1. The fourth-order valence-electron chi connectivity index (χ4n) is 1.77. The Morgan fingerprint density at radius 1 is 1.45 bits per heavy atom. The van der Waals surface area contributed by atoms with Crippen molar-refractivity contribution in [3.8, 4) is 0 Å². The molecule has 0 radical (unpaired) electrons. The van der Waals surface area contributed by atoms with Crippen molar-refractivity contribution in [2.24, 2.45) is 12.8 Å². The molecule has 1 unspecified atom stereocenters. The smallest absolute Gasteiger partial charge is 0.331 e. The summed E-state index contributed by atoms with van der Waals surface area (Å²) in [5.74, 6) is -0.158. The molecular weight excluding hydrogens is 276 g/mol. The molecule has 0 aliphatic carbocycles. The van der Waals surface area contributed by atoms with E-state index in [-0.39, 0.29) is 0 Å². The lowest BCUT2D eigenvalue weighted by Gasteiger charge is -2.26. The van der Waals surface area contributed by atoms with Gasteiger partial charge in [-0.05, 0) is 5.56 Å². The van der Waals surface area contributed by atoms with Crippen LogP contribution >= 0.6 is 11.8 Å². The van der Waals surface area contributed by atoms with Crippen LogP contribution in [0.4, 0.5) is 0 Å². The molecule has 1 heterocycles. The Kier molecular flexibility index (Phi) is 4.41. The fourth-order valence-corrected chi connectivity index (χ4v) is 2.77. The van der Waals surface area contributed by atoms with Crippen molar-refractivity contribution >= 4 is 17.7 Å². The van der Waals surface area contributed by atoms with Gasteiger partial charge in [-0.3, -0.25) is 0 Å². The van der Waals surface area contributed by atoms with Crippen molar-refractivity contribution < 1.29 is 9.53 Å². The third-order valence-electron chi connectivity index (χ3n) is 2.94. The molecule has 2 N–H and O–H groups in total. The monoisotopic (exact) mass is 292 g/mol. The highest BCUT2D eigenvalue weighted by Gasteiger charge is 2.37. The first-order valence-corrected chi connectivity index (χ1v) is 6.96. The molecule has 2 aromatic rings. The quantitative estimate of drug-likeness (QED) is 0.652. The number of ether oxygens (including phenoxy) is 1. The van der Waals surface area contributed by atoms with Gasteiger partial charge in [0.2, 0.25) is 0 Å². The predicted octanol–water partition coefficient (Wildman–Crippen LogP) is 0.934. The van der Waals surface area contributed by atoms with Crippen LogP contribution in [0.3, 0.4) is 0 Å². The Hall–Kier alpha value is -1.86. The molecular formula is C13H16N4O2S. The van der Waals surface area contributed by atoms with Crippen LogP contribution in [-0.4, -0.2) is 33.6 Å². The van der Waals surface area contributed by atoms with Crippen LogP contribution in [0.25, 0.3) is 0 Å². The van der Waals surface area contributed by atoms with Gasteiger partial charge in [0.05, 0.1) is 7.11 Å². The summed E-state index contributed by atoms with van der Waals surface area (Å²) in [5.41, 5.74) is 5.78. The van der Waals surface area contributed by atoms with Gasteiger partial charge in [-0.2, -0.15) is 5.10 Å². The minimum atomic E-state index is -1.22. The van der Waals surface area contributed by atoms with Crippen LogP contribution in [0.2, 0.25) is 0 Å². The van der Waals surface area contributed by atoms with Gasteiger partial charge in [-0.1, -0.05) is 42.1 Å². The zero-order chi connectivity index (χ0) is 14.6. The van der Waals surface area contributed by atoms with E-state index in [1.807, 2.05) is 30.3 Å². The molecule has 0 aliphatic heterocycles. The third kappa shape index (κ3) is 2.83. The van der Waals surface area contributed by atoms with Gasteiger partial charge in [0.25, 0.3) is 0 Å². The summed E-state index contributed by atoms with van der Waals surface area (Å²) >= 11 is 1.36. The van der Waals surface area contributed by atoms with E-state index in [0.717, 1.165) is 0 Å². The number of benzene rings is 1. The van der Waals surface area contributed by atoms with Gasteiger partial charge in [0.1, 0.15) is 11.9 Å². The molecule has 0 spiro atoms. The number of hydrogen-bond donors (Lipinski definition) is 1. The molecule has 0 bridgehead atoms. The van der Waals surface area contributed by atoms with Gasteiger partial charge >= 0.3 is 5.97 Å². The van der Waals surface area contributed by atoms with Crippen LogP contribution in [-0.2, 0) is 22.1 Å². The topological polar surface area (TPSA) is 83.0 Å². The van der Waals surface area contributed by atoms with E-state index in [9.17, 15) is 4.79 Å². The highest BCUT2D eigenvalue weighted by atomic mass is 32.2. The molecule has 0 fully saturated rings. The van der Waals surface area contributed by atoms with Gasteiger partial charge in [0, 0.05) is 12.8 Å². The van der Waals surface area contributed by atoms with E-state index in [0.29, 0.717) is 16.5 Å². The average molecular weight is 292 g/mol. The molecule has 20 heavy (non-hydrogen) atoms. The molecule has 1 aromatic heterocycles. The van der Waals surface area contributed by atoms with Crippen LogP contribution in [0.1, 0.15) is 5.56 Å². The highest BCUT2D eigenvalue weighted by Crippen LogP contribution is 2.27. The Labute approximate surface area is 121 Å². The molecule has 2 rings (SSSR count). The maximum absolute atomic E-state index is 12.1. The summed E-state index contributed by atoms with van der Waals surface area (Å²) in [6.45, 7) is 0. The number of esters is 1. The maximum Gasteiger partial charge on any atom is 0.331 e. The molecule has 0 saturated heterocycles. The highest BCUT2D eigenvalue weighted by molar-refractivity contribution is 7.99.